The zero-order valence-corrected chi connectivity index (χ0v) is 14.9. The highest BCUT2D eigenvalue weighted by atomic mass is 35.5. The number of amides is 1. The zero-order valence-electron chi connectivity index (χ0n) is 14.1. The van der Waals surface area contributed by atoms with Gasteiger partial charge in [0.1, 0.15) is 5.75 Å². The first-order chi connectivity index (χ1) is 11.6. The number of nitrogens with zero attached hydrogens (tertiary/aromatic N) is 1. The topological polar surface area (TPSA) is 41.6 Å². The molecule has 2 saturated heterocycles. The lowest BCUT2D eigenvalue weighted by Crippen LogP contribution is -2.32. The second-order valence-electron chi connectivity index (χ2n) is 6.66. The van der Waals surface area contributed by atoms with Gasteiger partial charge in [0, 0.05) is 19.5 Å². The van der Waals surface area contributed by atoms with Crippen molar-refractivity contribution in [1.82, 2.24) is 10.2 Å². The van der Waals surface area contributed by atoms with Crippen LogP contribution in [0.4, 0.5) is 8.78 Å². The van der Waals surface area contributed by atoms with Crippen LogP contribution in [0.3, 0.4) is 0 Å². The van der Waals surface area contributed by atoms with Crippen LogP contribution in [-0.4, -0.2) is 43.6 Å². The number of nitrogens with one attached hydrogen (secondary N) is 1. The van der Waals surface area contributed by atoms with Crippen molar-refractivity contribution in [1.29, 1.82) is 0 Å². The molecule has 1 aromatic carbocycles. The SMILES string of the molecule is Cl.O=C(CCc1ccc(OC(F)F)cc1)N1CC[C@@H]2CNC[C@@H]2CC1. The lowest BCUT2D eigenvalue weighted by atomic mass is 9.92. The first-order valence-electron chi connectivity index (χ1n) is 8.64. The molecule has 0 unspecified atom stereocenters. The molecule has 25 heavy (non-hydrogen) atoms. The molecule has 7 heteroatoms. The van der Waals surface area contributed by atoms with Crippen LogP contribution >= 0.6 is 12.4 Å². The summed E-state index contributed by atoms with van der Waals surface area (Å²) in [6.45, 7) is 1.06. The normalized spacial score (nSPS) is 22.9. The molecular weight excluding hydrogens is 350 g/mol. The Bertz CT molecular complexity index is 543. The van der Waals surface area contributed by atoms with E-state index < -0.39 is 6.61 Å². The molecule has 2 heterocycles. The van der Waals surface area contributed by atoms with Crippen LogP contribution in [0.5, 0.6) is 5.75 Å². The highest BCUT2D eigenvalue weighted by Crippen LogP contribution is 2.27. The molecular formula is C18H25ClF2N2O2. The second-order valence-corrected chi connectivity index (χ2v) is 6.66. The van der Waals surface area contributed by atoms with Gasteiger partial charge in [0.25, 0.3) is 0 Å². The standard InChI is InChI=1S/C18H24F2N2O2.ClH/c19-18(20)24-16-4-1-13(2-5-16)3-6-17(23)22-9-7-14-11-21-12-15(14)8-10-22;/h1-2,4-5,14-15,18,21H,3,6-12H2;1H/t14-,15+;. The number of rotatable bonds is 5. The molecule has 2 atom stereocenters. The summed E-state index contributed by atoms with van der Waals surface area (Å²) in [6, 6.07) is 6.52. The van der Waals surface area contributed by atoms with Crippen molar-refractivity contribution in [2.75, 3.05) is 26.2 Å². The van der Waals surface area contributed by atoms with Crippen LogP contribution in [0.1, 0.15) is 24.8 Å². The van der Waals surface area contributed by atoms with Crippen LogP contribution < -0.4 is 10.1 Å². The number of halogens is 3. The van der Waals surface area contributed by atoms with Crippen molar-refractivity contribution in [3.05, 3.63) is 29.8 Å². The first kappa shape index (κ1) is 19.9. The summed E-state index contributed by atoms with van der Waals surface area (Å²) in [4.78, 5) is 14.4. The van der Waals surface area contributed by atoms with Gasteiger partial charge in [0.05, 0.1) is 0 Å². The van der Waals surface area contributed by atoms with E-state index in [2.05, 4.69) is 10.1 Å². The predicted molar refractivity (Wildman–Crippen MR) is 94.3 cm³/mol. The summed E-state index contributed by atoms with van der Waals surface area (Å²) in [5.74, 6) is 1.76. The fourth-order valence-electron chi connectivity index (χ4n) is 3.71. The molecule has 3 rings (SSSR count). The third-order valence-corrected chi connectivity index (χ3v) is 5.15. The van der Waals surface area contributed by atoms with Gasteiger partial charge in [-0.15, -0.1) is 12.4 Å². The zero-order chi connectivity index (χ0) is 16.9. The van der Waals surface area contributed by atoms with Crippen molar-refractivity contribution in [3.8, 4) is 5.75 Å². The van der Waals surface area contributed by atoms with E-state index in [4.69, 9.17) is 0 Å². The lowest BCUT2D eigenvalue weighted by molar-refractivity contribution is -0.131. The van der Waals surface area contributed by atoms with Crippen LogP contribution in [0.25, 0.3) is 0 Å². The van der Waals surface area contributed by atoms with Gasteiger partial charge in [-0.05, 0) is 61.9 Å². The maximum atomic E-state index is 12.4. The average Bonchev–Trinajstić information content (AvgIpc) is 2.92. The molecule has 2 aliphatic heterocycles. The minimum Gasteiger partial charge on any atom is -0.435 e. The number of ether oxygens (including phenoxy) is 1. The van der Waals surface area contributed by atoms with Crippen molar-refractivity contribution in [2.24, 2.45) is 11.8 Å². The van der Waals surface area contributed by atoms with E-state index in [-0.39, 0.29) is 24.1 Å². The van der Waals surface area contributed by atoms with E-state index in [0.29, 0.717) is 24.7 Å². The maximum Gasteiger partial charge on any atom is 0.387 e. The van der Waals surface area contributed by atoms with Crippen LogP contribution in [0.2, 0.25) is 0 Å². The maximum absolute atomic E-state index is 12.4. The van der Waals surface area contributed by atoms with Gasteiger partial charge in [-0.25, -0.2) is 0 Å². The predicted octanol–water partition coefficient (Wildman–Crippen LogP) is 3.10. The Labute approximate surface area is 153 Å². The van der Waals surface area contributed by atoms with E-state index in [1.54, 1.807) is 12.1 Å². The van der Waals surface area contributed by atoms with Gasteiger partial charge in [-0.3, -0.25) is 4.79 Å². The molecule has 1 aromatic rings. The smallest absolute Gasteiger partial charge is 0.387 e. The molecule has 0 spiro atoms. The highest BCUT2D eigenvalue weighted by molar-refractivity contribution is 5.85. The summed E-state index contributed by atoms with van der Waals surface area (Å²) in [7, 11) is 0. The third kappa shape index (κ3) is 5.54. The Morgan fingerprint density at radius 3 is 2.32 bits per heavy atom. The Kier molecular flexibility index (Phi) is 7.44. The number of hydrogen-bond donors (Lipinski definition) is 1. The number of fused-ring (bicyclic) bond motifs is 1. The van der Waals surface area contributed by atoms with Gasteiger partial charge in [-0.1, -0.05) is 12.1 Å². The van der Waals surface area contributed by atoms with Gasteiger partial charge in [-0.2, -0.15) is 8.78 Å². The summed E-state index contributed by atoms with van der Waals surface area (Å²) < 4.78 is 28.6. The fraction of sp³-hybridized carbons (Fsp3) is 0.611. The van der Waals surface area contributed by atoms with Gasteiger partial charge < -0.3 is 15.0 Å². The fourth-order valence-corrected chi connectivity index (χ4v) is 3.71. The van der Waals surface area contributed by atoms with Crippen LogP contribution in [0.15, 0.2) is 24.3 Å². The van der Waals surface area contributed by atoms with E-state index in [9.17, 15) is 13.6 Å². The largest absolute Gasteiger partial charge is 0.435 e. The minimum absolute atomic E-state index is 0. The number of aryl methyl sites for hydroxylation is 1. The molecule has 0 aromatic heterocycles. The van der Waals surface area contributed by atoms with Crippen LogP contribution in [0, 0.1) is 11.8 Å². The second kappa shape index (κ2) is 9.34. The quantitative estimate of drug-likeness (QED) is 0.861. The highest BCUT2D eigenvalue weighted by Gasteiger charge is 2.31. The minimum atomic E-state index is -2.81. The Morgan fingerprint density at radius 1 is 1.16 bits per heavy atom. The molecule has 0 aliphatic carbocycles. The molecule has 0 saturated carbocycles. The van der Waals surface area contributed by atoms with Gasteiger partial charge >= 0.3 is 6.61 Å². The molecule has 2 aliphatic rings. The van der Waals surface area contributed by atoms with Crippen molar-refractivity contribution in [2.45, 2.75) is 32.3 Å². The molecule has 1 amide bonds. The molecule has 140 valence electrons. The molecule has 0 radical (unpaired) electrons. The summed E-state index contributed by atoms with van der Waals surface area (Å²) in [5.41, 5.74) is 0.959. The number of carbonyl (C=O) groups excluding carboxylic acids is 1. The average molecular weight is 375 g/mol. The van der Waals surface area contributed by atoms with Crippen LogP contribution in [-0.2, 0) is 11.2 Å². The van der Waals surface area contributed by atoms with E-state index in [1.165, 1.54) is 12.1 Å². The van der Waals surface area contributed by atoms with Crippen molar-refractivity contribution < 1.29 is 18.3 Å². The number of hydrogen-bond acceptors (Lipinski definition) is 3. The van der Waals surface area contributed by atoms with E-state index in [0.717, 1.165) is 44.6 Å². The molecule has 2 fully saturated rings. The third-order valence-electron chi connectivity index (χ3n) is 5.15. The number of carbonyl (C=O) groups is 1. The van der Waals surface area contributed by atoms with E-state index >= 15 is 0 Å². The Balaban J connectivity index is 0.00000225. The Hall–Kier alpha value is -1.40. The number of likely N-dealkylation sites (tertiary alicyclic amines) is 1. The summed E-state index contributed by atoms with van der Waals surface area (Å²) in [6.07, 6.45) is 3.26. The van der Waals surface area contributed by atoms with Gasteiger partial charge in [0.15, 0.2) is 0 Å². The monoisotopic (exact) mass is 374 g/mol. The molecule has 4 nitrogen and oxygen atoms in total. The first-order valence-corrected chi connectivity index (χ1v) is 8.64. The van der Waals surface area contributed by atoms with Crippen molar-refractivity contribution in [3.63, 3.8) is 0 Å². The van der Waals surface area contributed by atoms with E-state index in [1.807, 2.05) is 4.90 Å². The van der Waals surface area contributed by atoms with Gasteiger partial charge in [0.2, 0.25) is 5.91 Å². The lowest BCUT2D eigenvalue weighted by Gasteiger charge is -2.21. The number of alkyl halides is 2. The molecule has 1 N–H and O–H groups in total. The summed E-state index contributed by atoms with van der Waals surface area (Å²) in [5, 5.41) is 3.44. The number of benzene rings is 1. The Morgan fingerprint density at radius 2 is 1.76 bits per heavy atom. The molecule has 0 bridgehead atoms. The summed E-state index contributed by atoms with van der Waals surface area (Å²) >= 11 is 0. The van der Waals surface area contributed by atoms with Crippen molar-refractivity contribution >= 4 is 18.3 Å².